The zero-order chi connectivity index (χ0) is 9.19. The Morgan fingerprint density at radius 2 is 2.17 bits per heavy atom. The van der Waals surface area contributed by atoms with E-state index in [0.29, 0.717) is 5.41 Å². The zero-order valence-electron chi connectivity index (χ0n) is 8.64. The van der Waals surface area contributed by atoms with Gasteiger partial charge in [0.25, 0.3) is 0 Å². The highest BCUT2D eigenvalue weighted by molar-refractivity contribution is 4.97. The second-order valence-electron chi connectivity index (χ2n) is 4.62. The van der Waals surface area contributed by atoms with Crippen molar-refractivity contribution in [1.82, 2.24) is 4.90 Å². The van der Waals surface area contributed by atoms with E-state index in [1.165, 1.54) is 25.8 Å². The molecule has 0 amide bonds. The van der Waals surface area contributed by atoms with Crippen LogP contribution in [0, 0.1) is 5.41 Å². The summed E-state index contributed by atoms with van der Waals surface area (Å²) in [4.78, 5) is 2.42. The highest BCUT2D eigenvalue weighted by Crippen LogP contribution is 2.37. The molecule has 0 bridgehead atoms. The van der Waals surface area contributed by atoms with Gasteiger partial charge in [0.05, 0.1) is 0 Å². The summed E-state index contributed by atoms with van der Waals surface area (Å²) < 4.78 is 0. The predicted molar refractivity (Wildman–Crippen MR) is 54.2 cm³/mol. The van der Waals surface area contributed by atoms with Crippen molar-refractivity contribution in [3.8, 4) is 0 Å². The van der Waals surface area contributed by atoms with E-state index in [9.17, 15) is 0 Å². The van der Waals surface area contributed by atoms with Gasteiger partial charge in [0.15, 0.2) is 0 Å². The van der Waals surface area contributed by atoms with Crippen LogP contribution >= 0.6 is 0 Å². The van der Waals surface area contributed by atoms with Gasteiger partial charge >= 0.3 is 0 Å². The van der Waals surface area contributed by atoms with Crippen LogP contribution in [-0.4, -0.2) is 24.5 Å². The lowest BCUT2D eigenvalue weighted by Crippen LogP contribution is -2.21. The number of hydrogen-bond acceptors (Lipinski definition) is 1. The first-order valence-corrected chi connectivity index (χ1v) is 4.89. The van der Waals surface area contributed by atoms with Crippen molar-refractivity contribution in [3.05, 3.63) is 12.7 Å². The van der Waals surface area contributed by atoms with Crippen molar-refractivity contribution < 1.29 is 0 Å². The van der Waals surface area contributed by atoms with Crippen LogP contribution in [0.4, 0.5) is 0 Å². The largest absolute Gasteiger partial charge is 0.300 e. The highest BCUT2D eigenvalue weighted by Gasteiger charge is 2.42. The molecule has 1 fully saturated rings. The van der Waals surface area contributed by atoms with Crippen LogP contribution in [0.1, 0.15) is 33.1 Å². The van der Waals surface area contributed by atoms with E-state index in [1.54, 1.807) is 0 Å². The van der Waals surface area contributed by atoms with Gasteiger partial charge in [-0.3, -0.25) is 0 Å². The second kappa shape index (κ2) is 3.61. The summed E-state index contributed by atoms with van der Waals surface area (Å²) >= 11 is 0. The van der Waals surface area contributed by atoms with Gasteiger partial charge in [0.1, 0.15) is 0 Å². The minimum Gasteiger partial charge on any atom is -0.300 e. The molecule has 1 saturated heterocycles. The molecule has 0 aromatic heterocycles. The molecule has 2 atom stereocenters. The minimum absolute atomic E-state index is 0.512. The molecule has 12 heavy (non-hydrogen) atoms. The first-order valence-electron chi connectivity index (χ1n) is 4.89. The number of allylic oxidation sites excluding steroid dienone is 1. The third-order valence-corrected chi connectivity index (χ3v) is 2.99. The number of rotatable bonds is 5. The van der Waals surface area contributed by atoms with E-state index in [4.69, 9.17) is 0 Å². The Bertz CT molecular complexity index is 160. The molecule has 0 saturated carbocycles. The fraction of sp³-hybridized carbons (Fsp3) is 0.818. The van der Waals surface area contributed by atoms with Crippen molar-refractivity contribution in [2.24, 2.45) is 5.41 Å². The Balaban J connectivity index is 2.23. The third kappa shape index (κ3) is 2.34. The summed E-state index contributed by atoms with van der Waals surface area (Å²) in [5.74, 6) is 0. The number of likely N-dealkylation sites (N-methyl/N-ethyl adjacent to an activating group) is 1. The van der Waals surface area contributed by atoms with Gasteiger partial charge in [-0.15, -0.1) is 6.58 Å². The average molecular weight is 167 g/mol. The maximum absolute atomic E-state index is 3.75. The molecular formula is C11H21N. The van der Waals surface area contributed by atoms with E-state index in [-0.39, 0.29) is 0 Å². The summed E-state index contributed by atoms with van der Waals surface area (Å²) in [6.07, 6.45) is 5.81. The first-order chi connectivity index (χ1) is 5.58. The van der Waals surface area contributed by atoms with Gasteiger partial charge in [-0.1, -0.05) is 19.9 Å². The van der Waals surface area contributed by atoms with Crippen molar-refractivity contribution in [3.63, 3.8) is 0 Å². The molecule has 1 aliphatic rings. The Morgan fingerprint density at radius 1 is 1.58 bits per heavy atom. The Kier molecular flexibility index (Phi) is 2.94. The molecule has 0 spiro atoms. The monoisotopic (exact) mass is 167 g/mol. The summed E-state index contributed by atoms with van der Waals surface area (Å²) in [7, 11) is 2.21. The average Bonchev–Trinajstić information content (AvgIpc) is 2.68. The lowest BCUT2D eigenvalue weighted by molar-refractivity contribution is 0.283. The summed E-state index contributed by atoms with van der Waals surface area (Å²) in [5, 5.41) is 0. The molecule has 1 heteroatoms. The number of unbranched alkanes of at least 4 members (excludes halogenated alkanes) is 1. The maximum atomic E-state index is 3.75. The molecule has 1 nitrogen and oxygen atoms in total. The zero-order valence-corrected chi connectivity index (χ0v) is 8.64. The van der Waals surface area contributed by atoms with E-state index in [2.05, 4.69) is 32.4 Å². The quantitative estimate of drug-likeness (QED) is 0.345. The Labute approximate surface area is 76.5 Å². The van der Waals surface area contributed by atoms with Crippen LogP contribution in [0.25, 0.3) is 0 Å². The number of nitrogens with zero attached hydrogens (tertiary/aromatic N) is 1. The van der Waals surface area contributed by atoms with E-state index < -0.39 is 0 Å². The molecule has 0 N–H and O–H groups in total. The first kappa shape index (κ1) is 9.79. The van der Waals surface area contributed by atoms with Crippen LogP contribution in [0.5, 0.6) is 0 Å². The maximum Gasteiger partial charge on any atom is 0.0271 e. The SMILES string of the molecule is C=CCCCC(C)(C)C1CN1C. The van der Waals surface area contributed by atoms with Crippen LogP contribution in [0.15, 0.2) is 12.7 Å². The van der Waals surface area contributed by atoms with Gasteiger partial charge in [-0.25, -0.2) is 0 Å². The second-order valence-corrected chi connectivity index (χ2v) is 4.62. The van der Waals surface area contributed by atoms with Gasteiger partial charge in [-0.05, 0) is 31.7 Å². The predicted octanol–water partition coefficient (Wildman–Crippen LogP) is 2.68. The normalized spacial score (nSPS) is 28.6. The fourth-order valence-corrected chi connectivity index (χ4v) is 1.94. The summed E-state index contributed by atoms with van der Waals surface area (Å²) in [6, 6.07) is 0.835. The molecular weight excluding hydrogens is 146 g/mol. The van der Waals surface area contributed by atoms with Gasteiger partial charge < -0.3 is 4.90 Å². The molecule has 0 aromatic rings. The lowest BCUT2D eigenvalue weighted by Gasteiger charge is -2.23. The molecule has 0 aliphatic carbocycles. The van der Waals surface area contributed by atoms with Gasteiger partial charge in [0, 0.05) is 12.6 Å². The Hall–Kier alpha value is -0.300. The van der Waals surface area contributed by atoms with Crippen LogP contribution < -0.4 is 0 Å². The lowest BCUT2D eigenvalue weighted by atomic mass is 9.83. The smallest absolute Gasteiger partial charge is 0.0271 e. The molecule has 1 rings (SSSR count). The molecule has 1 aliphatic heterocycles. The topological polar surface area (TPSA) is 3.01 Å². The van der Waals surface area contributed by atoms with Crippen molar-refractivity contribution in [2.75, 3.05) is 13.6 Å². The van der Waals surface area contributed by atoms with Gasteiger partial charge in [0.2, 0.25) is 0 Å². The standard InChI is InChI=1S/C11H21N/c1-5-6-7-8-11(2,3)10-9-12(10)4/h5,10H,1,6-9H2,2-4H3. The minimum atomic E-state index is 0.512. The van der Waals surface area contributed by atoms with E-state index in [1.807, 2.05) is 6.08 Å². The highest BCUT2D eigenvalue weighted by atomic mass is 15.3. The molecule has 70 valence electrons. The summed E-state index contributed by atoms with van der Waals surface area (Å²) in [5.41, 5.74) is 0.512. The van der Waals surface area contributed by atoms with Crippen molar-refractivity contribution in [1.29, 1.82) is 0 Å². The molecule has 0 radical (unpaired) electrons. The third-order valence-electron chi connectivity index (χ3n) is 2.99. The van der Waals surface area contributed by atoms with Crippen molar-refractivity contribution in [2.45, 2.75) is 39.2 Å². The molecule has 1 heterocycles. The van der Waals surface area contributed by atoms with Crippen LogP contribution in [0.3, 0.4) is 0 Å². The molecule has 0 aromatic carbocycles. The summed E-state index contributed by atoms with van der Waals surface area (Å²) in [6.45, 7) is 9.80. The van der Waals surface area contributed by atoms with Gasteiger partial charge in [-0.2, -0.15) is 0 Å². The fourth-order valence-electron chi connectivity index (χ4n) is 1.94. The van der Waals surface area contributed by atoms with E-state index >= 15 is 0 Å². The van der Waals surface area contributed by atoms with Crippen LogP contribution in [0.2, 0.25) is 0 Å². The molecule has 2 unspecified atom stereocenters. The van der Waals surface area contributed by atoms with Crippen LogP contribution in [-0.2, 0) is 0 Å². The Morgan fingerprint density at radius 3 is 2.58 bits per heavy atom. The van der Waals surface area contributed by atoms with E-state index in [0.717, 1.165) is 6.04 Å². The number of hydrogen-bond donors (Lipinski definition) is 0. The van der Waals surface area contributed by atoms with Crippen molar-refractivity contribution >= 4 is 0 Å².